The van der Waals surface area contributed by atoms with Gasteiger partial charge in [0.05, 0.1) is 5.02 Å². The predicted molar refractivity (Wildman–Crippen MR) is 60.3 cm³/mol. The largest absolute Gasteiger partial charge is 0.495 e. The molecule has 1 aliphatic rings. The summed E-state index contributed by atoms with van der Waals surface area (Å²) in [6.45, 7) is 5.57. The topological polar surface area (TPSA) is 31.4 Å². The molecule has 0 spiro atoms. The monoisotopic (exact) mass is 225 g/mol. The number of aromatic nitrogens is 1. The Morgan fingerprint density at radius 2 is 2.07 bits per heavy atom. The van der Waals surface area contributed by atoms with Gasteiger partial charge in [0, 0.05) is 36.5 Å². The van der Waals surface area contributed by atoms with Crippen LogP contribution < -0.4 is 5.46 Å². The number of pyridine rings is 1. The molecule has 0 unspecified atom stereocenters. The molecule has 0 N–H and O–H groups in total. The van der Waals surface area contributed by atoms with Crippen LogP contribution in [0, 0.1) is 5.41 Å². The molecule has 3 nitrogen and oxygen atoms in total. The van der Waals surface area contributed by atoms with E-state index in [1.807, 2.05) is 6.07 Å². The highest BCUT2D eigenvalue weighted by molar-refractivity contribution is 6.65. The number of halogens is 1. The van der Waals surface area contributed by atoms with Crippen LogP contribution in [0.1, 0.15) is 13.8 Å². The van der Waals surface area contributed by atoms with E-state index in [2.05, 4.69) is 18.8 Å². The van der Waals surface area contributed by atoms with Gasteiger partial charge in [-0.15, -0.1) is 0 Å². The minimum Gasteiger partial charge on any atom is -0.407 e. The van der Waals surface area contributed by atoms with E-state index in [9.17, 15) is 0 Å². The van der Waals surface area contributed by atoms with Gasteiger partial charge < -0.3 is 9.31 Å². The van der Waals surface area contributed by atoms with Gasteiger partial charge in [0.1, 0.15) is 0 Å². The van der Waals surface area contributed by atoms with Crippen LogP contribution in [0.2, 0.25) is 5.02 Å². The van der Waals surface area contributed by atoms with Gasteiger partial charge >= 0.3 is 7.12 Å². The van der Waals surface area contributed by atoms with E-state index in [-0.39, 0.29) is 12.5 Å². The molecular formula is C10H13BClNO2. The third kappa shape index (κ3) is 2.51. The molecule has 1 fully saturated rings. The Bertz CT molecular complexity index is 349. The molecule has 80 valence electrons. The smallest absolute Gasteiger partial charge is 0.407 e. The average Bonchev–Trinajstić information content (AvgIpc) is 2.19. The summed E-state index contributed by atoms with van der Waals surface area (Å²) in [4.78, 5) is 3.93. The van der Waals surface area contributed by atoms with Crippen LogP contribution in [0.25, 0.3) is 0 Å². The lowest BCUT2D eigenvalue weighted by Gasteiger charge is -2.33. The van der Waals surface area contributed by atoms with Crippen molar-refractivity contribution < 1.29 is 9.31 Å². The van der Waals surface area contributed by atoms with Gasteiger partial charge in [0.25, 0.3) is 0 Å². The van der Waals surface area contributed by atoms with E-state index in [1.54, 1.807) is 12.4 Å². The van der Waals surface area contributed by atoms with Gasteiger partial charge in [-0.2, -0.15) is 0 Å². The van der Waals surface area contributed by atoms with E-state index >= 15 is 0 Å². The Labute approximate surface area is 94.9 Å². The van der Waals surface area contributed by atoms with Gasteiger partial charge in [-0.25, -0.2) is 0 Å². The fraction of sp³-hybridized carbons (Fsp3) is 0.500. The fourth-order valence-electron chi connectivity index (χ4n) is 1.45. The van der Waals surface area contributed by atoms with Crippen molar-refractivity contribution in [1.82, 2.24) is 4.98 Å². The maximum Gasteiger partial charge on any atom is 0.495 e. The molecule has 2 heterocycles. The van der Waals surface area contributed by atoms with Crippen LogP contribution in [0.4, 0.5) is 0 Å². The maximum atomic E-state index is 6.01. The number of hydrogen-bond acceptors (Lipinski definition) is 3. The molecule has 0 bridgehead atoms. The highest BCUT2D eigenvalue weighted by Crippen LogP contribution is 2.22. The first kappa shape index (κ1) is 10.9. The summed E-state index contributed by atoms with van der Waals surface area (Å²) in [5, 5.41) is 0.585. The van der Waals surface area contributed by atoms with E-state index in [4.69, 9.17) is 20.9 Å². The highest BCUT2D eigenvalue weighted by Gasteiger charge is 2.34. The van der Waals surface area contributed by atoms with Crippen LogP contribution in [0.3, 0.4) is 0 Å². The number of hydrogen-bond donors (Lipinski definition) is 0. The molecule has 0 saturated carbocycles. The molecule has 1 aromatic rings. The van der Waals surface area contributed by atoms with E-state index in [0.717, 1.165) is 5.46 Å². The predicted octanol–water partition coefficient (Wildman–Crippen LogP) is 1.50. The molecule has 0 radical (unpaired) electrons. The van der Waals surface area contributed by atoms with Crippen molar-refractivity contribution in [2.24, 2.45) is 5.41 Å². The van der Waals surface area contributed by atoms with Crippen LogP contribution >= 0.6 is 11.6 Å². The first-order valence-electron chi connectivity index (χ1n) is 4.91. The molecular weight excluding hydrogens is 212 g/mol. The van der Waals surface area contributed by atoms with Crippen molar-refractivity contribution in [3.8, 4) is 0 Å². The van der Waals surface area contributed by atoms with Crippen molar-refractivity contribution in [2.45, 2.75) is 13.8 Å². The van der Waals surface area contributed by atoms with Crippen molar-refractivity contribution in [3.05, 3.63) is 23.5 Å². The summed E-state index contributed by atoms with van der Waals surface area (Å²) in [5.41, 5.74) is 0.929. The molecule has 1 saturated heterocycles. The molecule has 2 rings (SSSR count). The van der Waals surface area contributed by atoms with Crippen molar-refractivity contribution in [1.29, 1.82) is 0 Å². The minimum absolute atomic E-state index is 0.0794. The van der Waals surface area contributed by atoms with E-state index in [1.165, 1.54) is 0 Å². The first-order chi connectivity index (χ1) is 7.08. The lowest BCUT2D eigenvalue weighted by molar-refractivity contribution is 0.0343. The Morgan fingerprint density at radius 1 is 1.40 bits per heavy atom. The summed E-state index contributed by atoms with van der Waals surface area (Å²) in [7, 11) is -0.353. The third-order valence-corrected chi connectivity index (χ3v) is 2.62. The zero-order valence-corrected chi connectivity index (χ0v) is 9.62. The lowest BCUT2D eigenvalue weighted by Crippen LogP contribution is -2.47. The molecule has 0 aromatic carbocycles. The lowest BCUT2D eigenvalue weighted by atomic mass is 9.76. The second-order valence-corrected chi connectivity index (χ2v) is 4.92. The third-order valence-electron chi connectivity index (χ3n) is 2.31. The van der Waals surface area contributed by atoms with Gasteiger partial charge in [0.2, 0.25) is 0 Å². The second kappa shape index (κ2) is 4.12. The van der Waals surface area contributed by atoms with Crippen molar-refractivity contribution >= 4 is 24.2 Å². The summed E-state index contributed by atoms with van der Waals surface area (Å²) < 4.78 is 11.3. The van der Waals surface area contributed by atoms with Gasteiger partial charge in [0.15, 0.2) is 0 Å². The molecule has 0 aliphatic carbocycles. The summed E-state index contributed by atoms with van der Waals surface area (Å²) in [5.74, 6) is 0. The fourth-order valence-corrected chi connectivity index (χ4v) is 1.66. The zero-order valence-electron chi connectivity index (χ0n) is 8.87. The standard InChI is InChI=1S/C10H13BClNO2/c1-10(2)6-14-11(15-7-10)8-3-4-13-5-9(8)12/h3-5H,6-7H2,1-2H3. The van der Waals surface area contributed by atoms with Gasteiger partial charge in [-0.05, 0) is 6.07 Å². The van der Waals surface area contributed by atoms with E-state index < -0.39 is 0 Å². The Balaban J connectivity index is 2.11. The first-order valence-corrected chi connectivity index (χ1v) is 5.29. The molecule has 0 amide bonds. The normalized spacial score (nSPS) is 20.3. The molecule has 1 aliphatic heterocycles. The number of rotatable bonds is 1. The van der Waals surface area contributed by atoms with Crippen LogP contribution in [-0.2, 0) is 9.31 Å². The SMILES string of the molecule is CC1(C)COB(c2ccncc2Cl)OC1. The quantitative estimate of drug-likeness (QED) is 0.679. The summed E-state index contributed by atoms with van der Waals surface area (Å²) in [6.07, 6.45) is 3.29. The summed E-state index contributed by atoms with van der Waals surface area (Å²) in [6, 6.07) is 1.82. The Kier molecular flexibility index (Phi) is 3.00. The molecule has 0 atom stereocenters. The maximum absolute atomic E-state index is 6.01. The second-order valence-electron chi connectivity index (χ2n) is 4.52. The highest BCUT2D eigenvalue weighted by atomic mass is 35.5. The minimum atomic E-state index is -0.353. The van der Waals surface area contributed by atoms with E-state index in [0.29, 0.717) is 18.2 Å². The molecule has 1 aromatic heterocycles. The Morgan fingerprint density at radius 3 is 2.67 bits per heavy atom. The van der Waals surface area contributed by atoms with Crippen molar-refractivity contribution in [2.75, 3.05) is 13.2 Å². The molecule has 15 heavy (non-hydrogen) atoms. The zero-order chi connectivity index (χ0) is 10.9. The van der Waals surface area contributed by atoms with Crippen LogP contribution in [-0.4, -0.2) is 25.3 Å². The summed E-state index contributed by atoms with van der Waals surface area (Å²) >= 11 is 6.01. The van der Waals surface area contributed by atoms with Crippen LogP contribution in [0.5, 0.6) is 0 Å². The van der Waals surface area contributed by atoms with Gasteiger partial charge in [-0.1, -0.05) is 25.4 Å². The van der Waals surface area contributed by atoms with Gasteiger partial charge in [-0.3, -0.25) is 4.98 Å². The van der Waals surface area contributed by atoms with Crippen molar-refractivity contribution in [3.63, 3.8) is 0 Å². The number of nitrogens with zero attached hydrogens (tertiary/aromatic N) is 1. The van der Waals surface area contributed by atoms with Crippen LogP contribution in [0.15, 0.2) is 18.5 Å². The average molecular weight is 225 g/mol. The Hall–Kier alpha value is -0.575. The molecule has 5 heteroatoms.